The number of hydrogen-bond donors (Lipinski definition) is 1. The summed E-state index contributed by atoms with van der Waals surface area (Å²) < 4.78 is 11.2. The van der Waals surface area contributed by atoms with E-state index in [0.717, 1.165) is 17.9 Å². The van der Waals surface area contributed by atoms with Gasteiger partial charge in [-0.1, -0.05) is 37.3 Å². The molecule has 1 unspecified atom stereocenters. The van der Waals surface area contributed by atoms with Crippen molar-refractivity contribution in [3.8, 4) is 0 Å². The summed E-state index contributed by atoms with van der Waals surface area (Å²) in [7, 11) is 1.67. The number of benzene rings is 1. The molecule has 0 bridgehead atoms. The fourth-order valence-electron chi connectivity index (χ4n) is 1.80. The molecule has 1 aromatic carbocycles. The molecule has 1 aromatic heterocycles. The van der Waals surface area contributed by atoms with Crippen LogP contribution in [0.5, 0.6) is 0 Å². The maximum Gasteiger partial charge on any atom is 0.208 e. The molecular weight excluding hydrogens is 228 g/mol. The van der Waals surface area contributed by atoms with Crippen molar-refractivity contribution >= 4 is 0 Å². The molecule has 1 heterocycles. The van der Waals surface area contributed by atoms with Crippen LogP contribution < -0.4 is 5.32 Å². The Morgan fingerprint density at radius 3 is 2.78 bits per heavy atom. The Balaban J connectivity index is 2.15. The average Bonchev–Trinajstić information content (AvgIpc) is 2.87. The Kier molecular flexibility index (Phi) is 4.50. The van der Waals surface area contributed by atoms with Gasteiger partial charge in [-0.3, -0.25) is 0 Å². The van der Waals surface area contributed by atoms with Crippen molar-refractivity contribution in [2.24, 2.45) is 0 Å². The summed E-state index contributed by atoms with van der Waals surface area (Å²) in [5.74, 6) is 1.42. The summed E-state index contributed by atoms with van der Waals surface area (Å²) in [5.41, 5.74) is 1.06. The van der Waals surface area contributed by atoms with Crippen LogP contribution in [0, 0.1) is 0 Å². The maximum absolute atomic E-state index is 5.69. The molecule has 0 aliphatic rings. The molecule has 0 amide bonds. The number of oxazole rings is 1. The molecule has 2 aromatic rings. The SMILES string of the molecule is CCNCc1ncc(C(OC)c2ccccc2)o1. The third-order valence-corrected chi connectivity index (χ3v) is 2.69. The van der Waals surface area contributed by atoms with Gasteiger partial charge in [0.1, 0.15) is 6.10 Å². The Morgan fingerprint density at radius 1 is 1.33 bits per heavy atom. The fraction of sp³-hybridized carbons (Fsp3) is 0.357. The summed E-state index contributed by atoms with van der Waals surface area (Å²) in [5, 5.41) is 3.18. The van der Waals surface area contributed by atoms with Crippen LogP contribution in [0.4, 0.5) is 0 Å². The quantitative estimate of drug-likeness (QED) is 0.850. The van der Waals surface area contributed by atoms with Gasteiger partial charge < -0.3 is 14.5 Å². The van der Waals surface area contributed by atoms with Gasteiger partial charge in [0, 0.05) is 7.11 Å². The van der Waals surface area contributed by atoms with Crippen LogP contribution in [-0.2, 0) is 11.3 Å². The third kappa shape index (κ3) is 2.97. The van der Waals surface area contributed by atoms with E-state index in [1.807, 2.05) is 37.3 Å². The Labute approximate surface area is 107 Å². The summed E-state index contributed by atoms with van der Waals surface area (Å²) in [6, 6.07) is 9.98. The van der Waals surface area contributed by atoms with E-state index in [2.05, 4.69) is 10.3 Å². The highest BCUT2D eigenvalue weighted by atomic mass is 16.5. The average molecular weight is 246 g/mol. The highest BCUT2D eigenvalue weighted by Crippen LogP contribution is 2.25. The summed E-state index contributed by atoms with van der Waals surface area (Å²) >= 11 is 0. The number of nitrogens with one attached hydrogen (secondary N) is 1. The van der Waals surface area contributed by atoms with Gasteiger partial charge in [0.05, 0.1) is 12.7 Å². The summed E-state index contributed by atoms with van der Waals surface area (Å²) in [4.78, 5) is 4.24. The van der Waals surface area contributed by atoms with Crippen molar-refractivity contribution in [3.63, 3.8) is 0 Å². The second-order valence-electron chi connectivity index (χ2n) is 3.96. The molecule has 0 radical (unpaired) electrons. The van der Waals surface area contributed by atoms with Gasteiger partial charge in [-0.05, 0) is 12.1 Å². The number of aromatic nitrogens is 1. The van der Waals surface area contributed by atoms with Crippen LogP contribution in [0.3, 0.4) is 0 Å². The van der Waals surface area contributed by atoms with Crippen LogP contribution >= 0.6 is 0 Å². The van der Waals surface area contributed by atoms with E-state index in [-0.39, 0.29) is 6.10 Å². The maximum atomic E-state index is 5.69. The summed E-state index contributed by atoms with van der Waals surface area (Å²) in [6.45, 7) is 3.58. The highest BCUT2D eigenvalue weighted by Gasteiger charge is 2.17. The van der Waals surface area contributed by atoms with Crippen LogP contribution in [0.15, 0.2) is 40.9 Å². The first-order valence-corrected chi connectivity index (χ1v) is 6.08. The normalized spacial score (nSPS) is 12.6. The van der Waals surface area contributed by atoms with Crippen molar-refractivity contribution in [3.05, 3.63) is 53.7 Å². The van der Waals surface area contributed by atoms with E-state index in [9.17, 15) is 0 Å². The molecule has 0 saturated carbocycles. The number of nitrogens with zero attached hydrogens (tertiary/aromatic N) is 1. The first-order chi connectivity index (χ1) is 8.85. The lowest BCUT2D eigenvalue weighted by molar-refractivity contribution is 0.115. The molecule has 0 aliphatic heterocycles. The Hall–Kier alpha value is -1.65. The number of ether oxygens (including phenoxy) is 1. The van der Waals surface area contributed by atoms with Crippen molar-refractivity contribution in [2.75, 3.05) is 13.7 Å². The molecule has 4 nitrogen and oxygen atoms in total. The van der Waals surface area contributed by atoms with Crippen molar-refractivity contribution in [1.82, 2.24) is 10.3 Å². The minimum absolute atomic E-state index is 0.200. The van der Waals surface area contributed by atoms with E-state index in [1.54, 1.807) is 13.3 Å². The second kappa shape index (κ2) is 6.33. The van der Waals surface area contributed by atoms with Gasteiger partial charge in [-0.25, -0.2) is 4.98 Å². The van der Waals surface area contributed by atoms with Crippen LogP contribution in [0.1, 0.15) is 30.2 Å². The van der Waals surface area contributed by atoms with Crippen molar-refractivity contribution < 1.29 is 9.15 Å². The third-order valence-electron chi connectivity index (χ3n) is 2.69. The zero-order chi connectivity index (χ0) is 12.8. The standard InChI is InChI=1S/C14H18N2O2/c1-3-15-10-13-16-9-12(18-13)14(17-2)11-7-5-4-6-8-11/h4-9,14-15H,3,10H2,1-2H3. The highest BCUT2D eigenvalue weighted by molar-refractivity contribution is 5.23. The predicted molar refractivity (Wildman–Crippen MR) is 69.2 cm³/mol. The summed E-state index contributed by atoms with van der Waals surface area (Å²) in [6.07, 6.45) is 1.53. The van der Waals surface area contributed by atoms with Crippen LogP contribution in [-0.4, -0.2) is 18.6 Å². The zero-order valence-corrected chi connectivity index (χ0v) is 10.7. The van der Waals surface area contributed by atoms with Crippen LogP contribution in [0.2, 0.25) is 0 Å². The first-order valence-electron chi connectivity index (χ1n) is 6.08. The van der Waals surface area contributed by atoms with Gasteiger partial charge >= 0.3 is 0 Å². The molecule has 96 valence electrons. The molecule has 0 fully saturated rings. The van der Waals surface area contributed by atoms with E-state index in [4.69, 9.17) is 9.15 Å². The number of rotatable bonds is 6. The van der Waals surface area contributed by atoms with Crippen molar-refractivity contribution in [1.29, 1.82) is 0 Å². The van der Waals surface area contributed by atoms with Crippen LogP contribution in [0.25, 0.3) is 0 Å². The molecule has 1 atom stereocenters. The molecule has 1 N–H and O–H groups in total. The molecule has 0 spiro atoms. The zero-order valence-electron chi connectivity index (χ0n) is 10.7. The molecule has 2 rings (SSSR count). The first kappa shape index (κ1) is 12.8. The van der Waals surface area contributed by atoms with Gasteiger partial charge in [-0.2, -0.15) is 0 Å². The largest absolute Gasteiger partial charge is 0.441 e. The smallest absolute Gasteiger partial charge is 0.208 e. The minimum Gasteiger partial charge on any atom is -0.441 e. The van der Waals surface area contributed by atoms with Gasteiger partial charge in [0.2, 0.25) is 5.89 Å². The molecule has 18 heavy (non-hydrogen) atoms. The number of hydrogen-bond acceptors (Lipinski definition) is 4. The van der Waals surface area contributed by atoms with Gasteiger partial charge in [-0.15, -0.1) is 0 Å². The van der Waals surface area contributed by atoms with E-state index in [1.165, 1.54) is 0 Å². The molecular formula is C14H18N2O2. The topological polar surface area (TPSA) is 47.3 Å². The monoisotopic (exact) mass is 246 g/mol. The lowest BCUT2D eigenvalue weighted by Crippen LogP contribution is -2.11. The second-order valence-corrected chi connectivity index (χ2v) is 3.96. The number of methoxy groups -OCH3 is 1. The van der Waals surface area contributed by atoms with Gasteiger partial charge in [0.25, 0.3) is 0 Å². The lowest BCUT2D eigenvalue weighted by Gasteiger charge is -2.12. The fourth-order valence-corrected chi connectivity index (χ4v) is 1.80. The Bertz CT molecular complexity index is 468. The molecule has 0 saturated heterocycles. The lowest BCUT2D eigenvalue weighted by atomic mass is 10.1. The molecule has 4 heteroatoms. The van der Waals surface area contributed by atoms with Gasteiger partial charge in [0.15, 0.2) is 5.76 Å². The Morgan fingerprint density at radius 2 is 2.11 bits per heavy atom. The predicted octanol–water partition coefficient (Wildman–Crippen LogP) is 2.52. The van der Waals surface area contributed by atoms with Crippen molar-refractivity contribution in [2.45, 2.75) is 19.6 Å². The minimum atomic E-state index is -0.200. The van der Waals surface area contributed by atoms with E-state index < -0.39 is 0 Å². The van der Waals surface area contributed by atoms with E-state index >= 15 is 0 Å². The van der Waals surface area contributed by atoms with E-state index in [0.29, 0.717) is 12.4 Å². The molecule has 0 aliphatic carbocycles.